The van der Waals surface area contributed by atoms with Crippen LogP contribution in [0.1, 0.15) is 12.8 Å². The molecule has 0 aromatic heterocycles. The summed E-state index contributed by atoms with van der Waals surface area (Å²) in [5, 5.41) is 16.4. The molecular formula is C10H14N2O2. The molecule has 0 fully saturated rings. The summed E-state index contributed by atoms with van der Waals surface area (Å²) in [6.07, 6.45) is 4.52. The zero-order valence-corrected chi connectivity index (χ0v) is 8.11. The first kappa shape index (κ1) is 12.6. The molecular weight excluding hydrogens is 180 g/mol. The van der Waals surface area contributed by atoms with Gasteiger partial charge in [0.2, 0.25) is 0 Å². The van der Waals surface area contributed by atoms with Crippen molar-refractivity contribution in [1.29, 1.82) is 10.5 Å². The van der Waals surface area contributed by atoms with Crippen molar-refractivity contribution in [3.05, 3.63) is 12.2 Å². The normalized spacial score (nSPS) is 9.86. The summed E-state index contributed by atoms with van der Waals surface area (Å²) in [4.78, 5) is 0. The second kappa shape index (κ2) is 11.6. The van der Waals surface area contributed by atoms with Gasteiger partial charge in [0.25, 0.3) is 0 Å². The molecule has 0 aliphatic heterocycles. The third-order valence-corrected chi connectivity index (χ3v) is 1.31. The number of nitrogens with zero attached hydrogens (tertiary/aromatic N) is 2. The summed E-state index contributed by atoms with van der Waals surface area (Å²) in [5.41, 5.74) is 0. The van der Waals surface area contributed by atoms with Crippen molar-refractivity contribution >= 4 is 0 Å². The van der Waals surface area contributed by atoms with E-state index < -0.39 is 0 Å². The van der Waals surface area contributed by atoms with Crippen LogP contribution in [-0.2, 0) is 9.47 Å². The highest BCUT2D eigenvalue weighted by molar-refractivity contribution is 4.81. The SMILES string of the molecule is N#CCCOC/C=C/COCCC#N. The van der Waals surface area contributed by atoms with Crippen LogP contribution in [0.4, 0.5) is 0 Å². The molecule has 0 atom stereocenters. The van der Waals surface area contributed by atoms with Gasteiger partial charge in [-0.2, -0.15) is 10.5 Å². The molecule has 76 valence electrons. The van der Waals surface area contributed by atoms with Crippen LogP contribution in [0.5, 0.6) is 0 Å². The van der Waals surface area contributed by atoms with Crippen LogP contribution >= 0.6 is 0 Å². The lowest BCUT2D eigenvalue weighted by atomic mass is 10.5. The van der Waals surface area contributed by atoms with E-state index in [1.54, 1.807) is 0 Å². The summed E-state index contributed by atoms with van der Waals surface area (Å²) in [6, 6.07) is 3.98. The van der Waals surface area contributed by atoms with Gasteiger partial charge in [-0.3, -0.25) is 0 Å². The van der Waals surface area contributed by atoms with E-state index in [1.807, 2.05) is 24.3 Å². The Kier molecular flexibility index (Phi) is 10.5. The molecule has 0 bridgehead atoms. The van der Waals surface area contributed by atoms with E-state index in [4.69, 9.17) is 20.0 Å². The minimum Gasteiger partial charge on any atom is -0.376 e. The fourth-order valence-electron chi connectivity index (χ4n) is 0.674. The second-order valence-electron chi connectivity index (χ2n) is 2.44. The van der Waals surface area contributed by atoms with Gasteiger partial charge >= 0.3 is 0 Å². The van der Waals surface area contributed by atoms with E-state index in [0.717, 1.165) is 0 Å². The first-order valence-electron chi connectivity index (χ1n) is 4.46. The Hall–Kier alpha value is -1.36. The molecule has 14 heavy (non-hydrogen) atoms. The number of ether oxygens (including phenoxy) is 2. The van der Waals surface area contributed by atoms with Gasteiger partial charge in [0.1, 0.15) is 0 Å². The predicted molar refractivity (Wildman–Crippen MR) is 51.2 cm³/mol. The monoisotopic (exact) mass is 194 g/mol. The molecule has 0 aromatic rings. The molecule has 4 nitrogen and oxygen atoms in total. The lowest BCUT2D eigenvalue weighted by Gasteiger charge is -1.96. The molecule has 0 aliphatic rings. The van der Waals surface area contributed by atoms with Crippen molar-refractivity contribution in [2.24, 2.45) is 0 Å². The summed E-state index contributed by atoms with van der Waals surface area (Å²) in [5.74, 6) is 0. The van der Waals surface area contributed by atoms with E-state index >= 15 is 0 Å². The van der Waals surface area contributed by atoms with Crippen LogP contribution < -0.4 is 0 Å². The van der Waals surface area contributed by atoms with Crippen molar-refractivity contribution in [3.8, 4) is 12.1 Å². The van der Waals surface area contributed by atoms with Crippen molar-refractivity contribution in [2.75, 3.05) is 26.4 Å². The van der Waals surface area contributed by atoms with E-state index in [2.05, 4.69) is 0 Å². The van der Waals surface area contributed by atoms with Gasteiger partial charge in [-0.1, -0.05) is 12.2 Å². The van der Waals surface area contributed by atoms with Crippen LogP contribution in [0.25, 0.3) is 0 Å². The Morgan fingerprint density at radius 1 is 0.857 bits per heavy atom. The molecule has 0 saturated carbocycles. The van der Waals surface area contributed by atoms with E-state index in [9.17, 15) is 0 Å². The second-order valence-corrected chi connectivity index (χ2v) is 2.44. The van der Waals surface area contributed by atoms with Gasteiger partial charge in [0, 0.05) is 0 Å². The Morgan fingerprint density at radius 3 is 1.64 bits per heavy atom. The summed E-state index contributed by atoms with van der Waals surface area (Å²) < 4.78 is 10.2. The quantitative estimate of drug-likeness (QED) is 0.432. The molecule has 0 amide bonds. The first-order chi connectivity index (χ1) is 6.91. The van der Waals surface area contributed by atoms with Gasteiger partial charge in [-0.05, 0) is 0 Å². The Morgan fingerprint density at radius 2 is 1.29 bits per heavy atom. The topological polar surface area (TPSA) is 66.0 Å². The molecule has 4 heteroatoms. The van der Waals surface area contributed by atoms with Crippen LogP contribution in [-0.4, -0.2) is 26.4 Å². The van der Waals surface area contributed by atoms with Crippen molar-refractivity contribution in [2.45, 2.75) is 12.8 Å². The third-order valence-electron chi connectivity index (χ3n) is 1.31. The van der Waals surface area contributed by atoms with Crippen molar-refractivity contribution in [3.63, 3.8) is 0 Å². The molecule has 0 radical (unpaired) electrons. The van der Waals surface area contributed by atoms with Gasteiger partial charge < -0.3 is 9.47 Å². The highest BCUT2D eigenvalue weighted by Crippen LogP contribution is 1.84. The van der Waals surface area contributed by atoms with Gasteiger partial charge in [0.05, 0.1) is 51.4 Å². The van der Waals surface area contributed by atoms with Gasteiger partial charge in [-0.25, -0.2) is 0 Å². The van der Waals surface area contributed by atoms with Gasteiger partial charge in [0.15, 0.2) is 0 Å². The van der Waals surface area contributed by atoms with Gasteiger partial charge in [-0.15, -0.1) is 0 Å². The van der Waals surface area contributed by atoms with Crippen LogP contribution in [0.2, 0.25) is 0 Å². The molecule has 0 saturated heterocycles. The minimum absolute atomic E-state index is 0.423. The molecule has 0 N–H and O–H groups in total. The largest absolute Gasteiger partial charge is 0.376 e. The average Bonchev–Trinajstić information content (AvgIpc) is 2.21. The molecule has 0 unspecified atom stereocenters. The zero-order valence-electron chi connectivity index (χ0n) is 8.11. The number of nitriles is 2. The number of hydrogen-bond donors (Lipinski definition) is 0. The average molecular weight is 194 g/mol. The summed E-state index contributed by atoms with van der Waals surface area (Å²) >= 11 is 0. The fourth-order valence-corrected chi connectivity index (χ4v) is 0.674. The maximum Gasteiger partial charge on any atom is 0.0648 e. The standard InChI is InChI=1S/C10H14N2O2/c11-5-3-9-13-7-1-2-8-14-10-4-6-12/h1-2H,3-4,7-10H2/b2-1+. The maximum atomic E-state index is 8.20. The highest BCUT2D eigenvalue weighted by atomic mass is 16.5. The highest BCUT2D eigenvalue weighted by Gasteiger charge is 1.84. The Bertz CT molecular complexity index is 201. The Balaban J connectivity index is 3.05. The van der Waals surface area contributed by atoms with Crippen LogP contribution in [0.3, 0.4) is 0 Å². The lowest BCUT2D eigenvalue weighted by Crippen LogP contribution is -1.95. The molecule has 0 rings (SSSR count). The minimum atomic E-state index is 0.423. The van der Waals surface area contributed by atoms with Crippen molar-refractivity contribution < 1.29 is 9.47 Å². The maximum absolute atomic E-state index is 8.20. The number of rotatable bonds is 8. The smallest absolute Gasteiger partial charge is 0.0648 e. The van der Waals surface area contributed by atoms with Crippen molar-refractivity contribution in [1.82, 2.24) is 0 Å². The summed E-state index contributed by atoms with van der Waals surface area (Å²) in [7, 11) is 0. The lowest BCUT2D eigenvalue weighted by molar-refractivity contribution is 0.160. The zero-order chi connectivity index (χ0) is 10.5. The molecule has 0 spiro atoms. The van der Waals surface area contributed by atoms with E-state index in [0.29, 0.717) is 39.3 Å². The Labute approximate surface area is 84.3 Å². The van der Waals surface area contributed by atoms with E-state index in [1.165, 1.54) is 0 Å². The van der Waals surface area contributed by atoms with E-state index in [-0.39, 0.29) is 0 Å². The molecule has 0 aliphatic carbocycles. The molecule has 0 aromatic carbocycles. The molecule has 0 heterocycles. The summed E-state index contributed by atoms with van der Waals surface area (Å²) in [6.45, 7) is 1.94. The predicted octanol–water partition coefficient (Wildman–Crippen LogP) is 1.40. The van der Waals surface area contributed by atoms with Crippen LogP contribution in [0.15, 0.2) is 12.2 Å². The third kappa shape index (κ3) is 10.6. The number of hydrogen-bond acceptors (Lipinski definition) is 4. The first-order valence-corrected chi connectivity index (χ1v) is 4.46. The van der Waals surface area contributed by atoms with Crippen LogP contribution in [0, 0.1) is 22.7 Å². The fraction of sp³-hybridized carbons (Fsp3) is 0.600.